The minimum atomic E-state index is -0.155. The van der Waals surface area contributed by atoms with Gasteiger partial charge in [-0.25, -0.2) is 0 Å². The first-order chi connectivity index (χ1) is 10.4. The summed E-state index contributed by atoms with van der Waals surface area (Å²) in [5.41, 5.74) is 8.34. The predicted molar refractivity (Wildman–Crippen MR) is 93.2 cm³/mol. The van der Waals surface area contributed by atoms with Crippen LogP contribution in [-0.2, 0) is 0 Å². The maximum Gasteiger partial charge on any atom is 0.251 e. The fourth-order valence-corrected chi connectivity index (χ4v) is 2.35. The van der Waals surface area contributed by atoms with Gasteiger partial charge in [0.2, 0.25) is 0 Å². The molecule has 4 N–H and O–H groups in total. The Morgan fingerprint density at radius 1 is 1.09 bits per heavy atom. The van der Waals surface area contributed by atoms with E-state index >= 15 is 0 Å². The second kappa shape index (κ2) is 6.90. The number of rotatable bonds is 4. The molecule has 0 spiro atoms. The highest BCUT2D eigenvalue weighted by Crippen LogP contribution is 2.30. The third-order valence-corrected chi connectivity index (χ3v) is 3.48. The molecule has 0 saturated heterocycles. The Kier molecular flexibility index (Phi) is 5.16. The van der Waals surface area contributed by atoms with Crippen molar-refractivity contribution in [3.05, 3.63) is 52.0 Å². The van der Waals surface area contributed by atoms with Crippen LogP contribution in [0.5, 0.6) is 0 Å². The van der Waals surface area contributed by atoms with Crippen molar-refractivity contribution < 1.29 is 4.79 Å². The van der Waals surface area contributed by atoms with Crippen molar-refractivity contribution in [2.45, 2.75) is 19.9 Å². The molecular formula is C16H17Cl2N3O. The number of nitrogen functional groups attached to an aromatic ring is 1. The van der Waals surface area contributed by atoms with E-state index in [1.807, 2.05) is 13.8 Å². The van der Waals surface area contributed by atoms with Crippen LogP contribution in [-0.4, -0.2) is 11.9 Å². The monoisotopic (exact) mass is 337 g/mol. The largest absolute Gasteiger partial charge is 0.397 e. The SMILES string of the molecule is CC(C)NC(=O)c1ccc(Nc2ccc(Cl)cc2Cl)c(N)c1. The van der Waals surface area contributed by atoms with E-state index in [-0.39, 0.29) is 11.9 Å². The number of carbonyl (C=O) groups is 1. The van der Waals surface area contributed by atoms with E-state index in [1.54, 1.807) is 36.4 Å². The molecule has 0 aliphatic heterocycles. The van der Waals surface area contributed by atoms with Gasteiger partial charge < -0.3 is 16.4 Å². The summed E-state index contributed by atoms with van der Waals surface area (Å²) in [6, 6.07) is 10.3. The van der Waals surface area contributed by atoms with E-state index in [1.165, 1.54) is 0 Å². The van der Waals surface area contributed by atoms with Gasteiger partial charge in [0, 0.05) is 16.6 Å². The van der Waals surface area contributed by atoms with Gasteiger partial charge in [0.05, 0.1) is 22.1 Å². The van der Waals surface area contributed by atoms with Gasteiger partial charge in [0.1, 0.15) is 0 Å². The molecule has 0 heterocycles. The highest BCUT2D eigenvalue weighted by atomic mass is 35.5. The molecule has 6 heteroatoms. The molecule has 4 nitrogen and oxygen atoms in total. The van der Waals surface area contributed by atoms with Crippen LogP contribution in [0.1, 0.15) is 24.2 Å². The second-order valence-electron chi connectivity index (χ2n) is 5.18. The van der Waals surface area contributed by atoms with Crippen LogP contribution in [0, 0.1) is 0 Å². The van der Waals surface area contributed by atoms with Gasteiger partial charge in [-0.1, -0.05) is 23.2 Å². The zero-order chi connectivity index (χ0) is 16.3. The summed E-state index contributed by atoms with van der Waals surface area (Å²) in [7, 11) is 0. The number of benzene rings is 2. The molecule has 2 aromatic carbocycles. The van der Waals surface area contributed by atoms with Gasteiger partial charge in [0.25, 0.3) is 5.91 Å². The fraction of sp³-hybridized carbons (Fsp3) is 0.188. The van der Waals surface area contributed by atoms with Crippen LogP contribution in [0.25, 0.3) is 0 Å². The molecule has 0 aliphatic carbocycles. The predicted octanol–water partition coefficient (Wildman–Crippen LogP) is 4.46. The zero-order valence-electron chi connectivity index (χ0n) is 12.3. The number of anilines is 3. The van der Waals surface area contributed by atoms with Crippen molar-refractivity contribution in [2.75, 3.05) is 11.1 Å². The van der Waals surface area contributed by atoms with Crippen LogP contribution in [0.3, 0.4) is 0 Å². The number of carbonyl (C=O) groups excluding carboxylic acids is 1. The third-order valence-electron chi connectivity index (χ3n) is 2.93. The Balaban J connectivity index is 2.21. The molecule has 0 aromatic heterocycles. The van der Waals surface area contributed by atoms with Crippen molar-refractivity contribution >= 4 is 46.2 Å². The number of halogens is 2. The van der Waals surface area contributed by atoms with Crippen LogP contribution in [0.4, 0.5) is 17.1 Å². The van der Waals surface area contributed by atoms with E-state index in [9.17, 15) is 4.79 Å². The number of amides is 1. The second-order valence-corrected chi connectivity index (χ2v) is 6.02. The van der Waals surface area contributed by atoms with Crippen LogP contribution in [0.2, 0.25) is 10.0 Å². The molecule has 0 atom stereocenters. The van der Waals surface area contributed by atoms with E-state index in [0.29, 0.717) is 32.7 Å². The lowest BCUT2D eigenvalue weighted by molar-refractivity contribution is 0.0943. The molecule has 2 aromatic rings. The van der Waals surface area contributed by atoms with Gasteiger partial charge in [-0.2, -0.15) is 0 Å². The number of hydrogen-bond donors (Lipinski definition) is 3. The summed E-state index contributed by atoms with van der Waals surface area (Å²) in [6.45, 7) is 3.80. The average Bonchev–Trinajstić information content (AvgIpc) is 2.42. The maximum atomic E-state index is 11.9. The number of nitrogens with one attached hydrogen (secondary N) is 2. The van der Waals surface area contributed by atoms with Gasteiger partial charge in [0.15, 0.2) is 0 Å². The summed E-state index contributed by atoms with van der Waals surface area (Å²) >= 11 is 12.0. The maximum absolute atomic E-state index is 11.9. The van der Waals surface area contributed by atoms with E-state index in [0.717, 1.165) is 0 Å². The van der Waals surface area contributed by atoms with Crippen LogP contribution in [0.15, 0.2) is 36.4 Å². The Labute approximate surface area is 139 Å². The van der Waals surface area contributed by atoms with Gasteiger partial charge in [-0.15, -0.1) is 0 Å². The van der Waals surface area contributed by atoms with E-state index in [4.69, 9.17) is 28.9 Å². The molecular weight excluding hydrogens is 321 g/mol. The number of nitrogens with two attached hydrogens (primary N) is 1. The standard InChI is InChI=1S/C16H17Cl2N3O/c1-9(2)20-16(22)10-3-5-15(13(19)7-10)21-14-6-4-11(17)8-12(14)18/h3-9,21H,19H2,1-2H3,(H,20,22). The molecule has 116 valence electrons. The smallest absolute Gasteiger partial charge is 0.251 e. The lowest BCUT2D eigenvalue weighted by Crippen LogP contribution is -2.30. The average molecular weight is 338 g/mol. The zero-order valence-corrected chi connectivity index (χ0v) is 13.8. The van der Waals surface area contributed by atoms with Crippen molar-refractivity contribution in [1.29, 1.82) is 0 Å². The Hall–Kier alpha value is -1.91. The topological polar surface area (TPSA) is 67.2 Å². The third kappa shape index (κ3) is 4.06. The van der Waals surface area contributed by atoms with Crippen molar-refractivity contribution in [3.8, 4) is 0 Å². The summed E-state index contributed by atoms with van der Waals surface area (Å²) in [5.74, 6) is -0.155. The van der Waals surface area contributed by atoms with E-state index in [2.05, 4.69) is 10.6 Å². The summed E-state index contributed by atoms with van der Waals surface area (Å²) in [6.07, 6.45) is 0. The molecule has 1 amide bonds. The first-order valence-corrected chi connectivity index (χ1v) is 7.55. The first-order valence-electron chi connectivity index (χ1n) is 6.79. The minimum absolute atomic E-state index is 0.0689. The summed E-state index contributed by atoms with van der Waals surface area (Å²) < 4.78 is 0. The first kappa shape index (κ1) is 16.5. The Morgan fingerprint density at radius 2 is 1.77 bits per heavy atom. The normalized spacial score (nSPS) is 10.6. The van der Waals surface area contributed by atoms with Crippen LogP contribution >= 0.6 is 23.2 Å². The molecule has 22 heavy (non-hydrogen) atoms. The highest BCUT2D eigenvalue weighted by molar-refractivity contribution is 6.36. The molecule has 0 fully saturated rings. The van der Waals surface area contributed by atoms with Crippen LogP contribution < -0.4 is 16.4 Å². The molecule has 0 aliphatic rings. The highest BCUT2D eigenvalue weighted by Gasteiger charge is 2.10. The quantitative estimate of drug-likeness (QED) is 0.721. The van der Waals surface area contributed by atoms with Gasteiger partial charge in [-0.05, 0) is 50.2 Å². The fourth-order valence-electron chi connectivity index (χ4n) is 1.90. The number of hydrogen-bond acceptors (Lipinski definition) is 3. The molecule has 0 unspecified atom stereocenters. The van der Waals surface area contributed by atoms with Gasteiger partial charge in [-0.3, -0.25) is 4.79 Å². The lowest BCUT2D eigenvalue weighted by atomic mass is 10.1. The lowest BCUT2D eigenvalue weighted by Gasteiger charge is -2.13. The molecule has 0 bridgehead atoms. The van der Waals surface area contributed by atoms with E-state index < -0.39 is 0 Å². The Morgan fingerprint density at radius 3 is 2.36 bits per heavy atom. The van der Waals surface area contributed by atoms with Crippen molar-refractivity contribution in [2.24, 2.45) is 0 Å². The molecule has 2 rings (SSSR count). The van der Waals surface area contributed by atoms with Crippen molar-refractivity contribution in [1.82, 2.24) is 5.32 Å². The molecule has 0 saturated carbocycles. The van der Waals surface area contributed by atoms with Gasteiger partial charge >= 0.3 is 0 Å². The van der Waals surface area contributed by atoms with Crippen molar-refractivity contribution in [3.63, 3.8) is 0 Å². The molecule has 0 radical (unpaired) electrons. The summed E-state index contributed by atoms with van der Waals surface area (Å²) in [5, 5.41) is 7.00. The summed E-state index contributed by atoms with van der Waals surface area (Å²) in [4.78, 5) is 11.9. The Bertz CT molecular complexity index is 702. The minimum Gasteiger partial charge on any atom is -0.397 e.